The second kappa shape index (κ2) is 9.05. The number of amidine groups is 2. The summed E-state index contributed by atoms with van der Waals surface area (Å²) in [5.74, 6) is -2.36. The Kier molecular flexibility index (Phi) is 6.46. The molecule has 1 unspecified atom stereocenters. The molecule has 2 aliphatic rings. The molecule has 1 aromatic carbocycles. The quantitative estimate of drug-likeness (QED) is 0.476. The molecule has 1 amide bonds. The van der Waals surface area contributed by atoms with Crippen LogP contribution in [0.25, 0.3) is 10.9 Å². The lowest BCUT2D eigenvalue weighted by atomic mass is 9.93. The van der Waals surface area contributed by atoms with Gasteiger partial charge in [0, 0.05) is 42.2 Å². The van der Waals surface area contributed by atoms with Gasteiger partial charge in [-0.15, -0.1) is 0 Å². The zero-order chi connectivity index (χ0) is 24.8. The summed E-state index contributed by atoms with van der Waals surface area (Å²) in [5.41, 5.74) is 2.91. The van der Waals surface area contributed by atoms with E-state index >= 15 is 0 Å². The number of benzene rings is 1. The van der Waals surface area contributed by atoms with Crippen LogP contribution in [0.15, 0.2) is 24.4 Å². The van der Waals surface area contributed by atoms with E-state index in [2.05, 4.69) is 9.88 Å². The fraction of sp³-hybridized carbons (Fsp3) is 0.478. The van der Waals surface area contributed by atoms with Crippen LogP contribution in [-0.2, 0) is 4.79 Å². The number of carbonyl (C=O) groups is 1. The molecule has 0 spiro atoms. The predicted molar refractivity (Wildman–Crippen MR) is 126 cm³/mol. The number of piperazine rings is 1. The Balaban J connectivity index is 1.44. The highest BCUT2D eigenvalue weighted by molar-refractivity contribution is 6.31. The summed E-state index contributed by atoms with van der Waals surface area (Å²) in [6.07, 6.45) is -1.81. The van der Waals surface area contributed by atoms with Gasteiger partial charge in [-0.05, 0) is 50.5 Å². The second-order valence-electron chi connectivity index (χ2n) is 8.94. The fourth-order valence-electron chi connectivity index (χ4n) is 4.93. The third kappa shape index (κ3) is 4.55. The average molecular weight is 495 g/mol. The summed E-state index contributed by atoms with van der Waals surface area (Å²) < 4.78 is 39.0. The number of halogens is 4. The monoisotopic (exact) mass is 494 g/mol. The number of carbonyl (C=O) groups excluding carboxylic acids is 1. The maximum absolute atomic E-state index is 13.2. The van der Waals surface area contributed by atoms with E-state index in [1.807, 2.05) is 25.3 Å². The molecule has 2 saturated heterocycles. The van der Waals surface area contributed by atoms with Gasteiger partial charge < -0.3 is 14.7 Å². The van der Waals surface area contributed by atoms with Crippen molar-refractivity contribution in [3.63, 3.8) is 0 Å². The van der Waals surface area contributed by atoms with Gasteiger partial charge in [0.05, 0.1) is 23.8 Å². The van der Waals surface area contributed by atoms with Crippen LogP contribution in [0.4, 0.5) is 18.9 Å². The highest BCUT2D eigenvalue weighted by Crippen LogP contribution is 2.34. The summed E-state index contributed by atoms with van der Waals surface area (Å²) >= 11 is 6.22. The molecule has 182 valence electrons. The third-order valence-electron chi connectivity index (χ3n) is 6.52. The van der Waals surface area contributed by atoms with E-state index in [-0.39, 0.29) is 30.8 Å². The molecule has 0 radical (unpaired) electrons. The summed E-state index contributed by atoms with van der Waals surface area (Å²) in [6.45, 7) is 4.61. The van der Waals surface area contributed by atoms with Gasteiger partial charge in [0.15, 0.2) is 0 Å². The predicted octanol–water partition coefficient (Wildman–Crippen LogP) is 4.46. The molecular formula is C23H26ClF3N6O. The van der Waals surface area contributed by atoms with Crippen molar-refractivity contribution in [2.24, 2.45) is 5.92 Å². The highest BCUT2D eigenvalue weighted by atomic mass is 35.5. The molecule has 2 aliphatic heterocycles. The summed E-state index contributed by atoms with van der Waals surface area (Å²) in [7, 11) is 0. The molecular weight excluding hydrogens is 469 g/mol. The summed E-state index contributed by atoms with van der Waals surface area (Å²) in [4.78, 5) is 22.0. The van der Waals surface area contributed by atoms with Crippen molar-refractivity contribution >= 4 is 45.8 Å². The number of nitrogens with zero attached hydrogens (tertiary/aromatic N) is 4. The largest absolute Gasteiger partial charge is 0.449 e. The molecule has 3 heterocycles. The molecule has 4 rings (SSSR count). The minimum absolute atomic E-state index is 0.0481. The maximum atomic E-state index is 13.2. The number of fused-ring (bicyclic) bond motifs is 1. The van der Waals surface area contributed by atoms with E-state index in [9.17, 15) is 18.0 Å². The van der Waals surface area contributed by atoms with Crippen LogP contribution >= 0.6 is 11.6 Å². The number of anilines is 1. The van der Waals surface area contributed by atoms with E-state index < -0.39 is 18.1 Å². The van der Waals surface area contributed by atoms with Gasteiger partial charge in [-0.3, -0.25) is 20.6 Å². The number of amides is 1. The number of hydrogen-bond acceptors (Lipinski definition) is 5. The van der Waals surface area contributed by atoms with Crippen molar-refractivity contribution in [3.05, 3.63) is 35.0 Å². The lowest BCUT2D eigenvalue weighted by Crippen LogP contribution is -2.61. The van der Waals surface area contributed by atoms with Crippen LogP contribution in [0.3, 0.4) is 0 Å². The molecule has 0 bridgehead atoms. The van der Waals surface area contributed by atoms with Crippen molar-refractivity contribution in [2.75, 3.05) is 31.1 Å². The van der Waals surface area contributed by atoms with Gasteiger partial charge in [-0.2, -0.15) is 13.2 Å². The Hall–Kier alpha value is -2.88. The van der Waals surface area contributed by atoms with Crippen LogP contribution < -0.4 is 4.90 Å². The Morgan fingerprint density at radius 1 is 1.24 bits per heavy atom. The molecule has 34 heavy (non-hydrogen) atoms. The van der Waals surface area contributed by atoms with Gasteiger partial charge in [-0.1, -0.05) is 11.6 Å². The number of piperidine rings is 1. The highest BCUT2D eigenvalue weighted by Gasteiger charge is 2.44. The Morgan fingerprint density at radius 3 is 2.53 bits per heavy atom. The first kappa shape index (κ1) is 24.3. The Morgan fingerprint density at radius 2 is 1.91 bits per heavy atom. The van der Waals surface area contributed by atoms with E-state index in [4.69, 9.17) is 22.4 Å². The van der Waals surface area contributed by atoms with E-state index in [1.165, 1.54) is 11.8 Å². The summed E-state index contributed by atoms with van der Waals surface area (Å²) in [5, 5.41) is 17.0. The fourth-order valence-corrected chi connectivity index (χ4v) is 5.10. The Bertz CT molecular complexity index is 1140. The lowest BCUT2D eigenvalue weighted by molar-refractivity contribution is -0.136. The SMILES string of the molecule is Cc1cnc2ccc(Cl)cc2c1N1CCC(C(=O)N2CC(=N)N(C(=N)C(F)(F)F)C(C)C2)CC1. The molecule has 0 aliphatic carbocycles. The molecule has 2 fully saturated rings. The van der Waals surface area contributed by atoms with Gasteiger partial charge >= 0.3 is 6.18 Å². The van der Waals surface area contributed by atoms with E-state index in [1.54, 1.807) is 6.07 Å². The van der Waals surface area contributed by atoms with Gasteiger partial charge in [-0.25, -0.2) is 0 Å². The van der Waals surface area contributed by atoms with Crippen LogP contribution in [0.5, 0.6) is 0 Å². The maximum Gasteiger partial charge on any atom is 0.449 e. The van der Waals surface area contributed by atoms with Gasteiger partial charge in [0.2, 0.25) is 11.7 Å². The zero-order valence-corrected chi connectivity index (χ0v) is 19.7. The van der Waals surface area contributed by atoms with Gasteiger partial charge in [0.25, 0.3) is 0 Å². The first-order valence-electron chi connectivity index (χ1n) is 11.1. The van der Waals surface area contributed by atoms with Gasteiger partial charge in [0.1, 0.15) is 5.84 Å². The first-order valence-corrected chi connectivity index (χ1v) is 11.5. The Labute approximate surface area is 200 Å². The number of pyridine rings is 1. The third-order valence-corrected chi connectivity index (χ3v) is 6.76. The number of rotatable bonds is 2. The molecule has 11 heteroatoms. The van der Waals surface area contributed by atoms with Crippen molar-refractivity contribution < 1.29 is 18.0 Å². The van der Waals surface area contributed by atoms with E-state index in [0.717, 1.165) is 22.2 Å². The second-order valence-corrected chi connectivity index (χ2v) is 9.38. The molecule has 0 saturated carbocycles. The number of aryl methyl sites for hydroxylation is 1. The van der Waals surface area contributed by atoms with Crippen molar-refractivity contribution in [3.8, 4) is 0 Å². The molecule has 1 atom stereocenters. The van der Waals surface area contributed by atoms with Crippen molar-refractivity contribution in [1.29, 1.82) is 10.8 Å². The normalized spacial score (nSPS) is 20.2. The smallest absolute Gasteiger partial charge is 0.371 e. The van der Waals surface area contributed by atoms with Crippen LogP contribution in [0, 0.1) is 23.7 Å². The van der Waals surface area contributed by atoms with Crippen LogP contribution in [-0.4, -0.2) is 70.8 Å². The standard InChI is InChI=1S/C23H26ClF3N6O/c1-13-10-30-18-4-3-16(24)9-17(18)20(13)31-7-5-15(6-8-31)21(34)32-11-14(2)33(19(28)12-32)22(29)23(25,26)27/h3-4,9-10,14-15,28-29H,5-8,11-12H2,1-2H3. The van der Waals surface area contributed by atoms with Crippen molar-refractivity contribution in [1.82, 2.24) is 14.8 Å². The number of nitrogens with one attached hydrogen (secondary N) is 2. The van der Waals surface area contributed by atoms with Crippen LogP contribution in [0.2, 0.25) is 5.02 Å². The minimum atomic E-state index is -4.83. The first-order chi connectivity index (χ1) is 16.0. The number of aromatic nitrogens is 1. The molecule has 2 N–H and O–H groups in total. The molecule has 2 aromatic rings. The molecule has 1 aromatic heterocycles. The topological polar surface area (TPSA) is 87.4 Å². The zero-order valence-electron chi connectivity index (χ0n) is 18.9. The minimum Gasteiger partial charge on any atom is -0.371 e. The summed E-state index contributed by atoms with van der Waals surface area (Å²) in [6, 6.07) is 4.78. The lowest BCUT2D eigenvalue weighted by Gasteiger charge is -2.43. The average Bonchev–Trinajstić information content (AvgIpc) is 2.77. The van der Waals surface area contributed by atoms with Crippen LogP contribution in [0.1, 0.15) is 25.3 Å². The number of alkyl halides is 3. The molecule has 7 nitrogen and oxygen atoms in total. The van der Waals surface area contributed by atoms with Crippen molar-refractivity contribution in [2.45, 2.75) is 38.9 Å². The van der Waals surface area contributed by atoms with E-state index in [0.29, 0.717) is 35.9 Å². The number of hydrogen-bond donors (Lipinski definition) is 2.